The van der Waals surface area contributed by atoms with Gasteiger partial charge in [-0.1, -0.05) is 24.3 Å². The number of hydrogen-bond donors (Lipinski definition) is 1. The first-order valence-electron chi connectivity index (χ1n) is 8.98. The highest BCUT2D eigenvalue weighted by Gasteiger charge is 2.04. The summed E-state index contributed by atoms with van der Waals surface area (Å²) in [4.78, 5) is 18.2. The first-order valence-corrected chi connectivity index (χ1v) is 8.98. The number of benzene rings is 2. The largest absolute Gasteiger partial charge is 0.497 e. The lowest BCUT2D eigenvalue weighted by Gasteiger charge is -2.19. The van der Waals surface area contributed by atoms with Crippen molar-refractivity contribution in [3.05, 3.63) is 90.3 Å². The number of carbonyl (C=O) groups excluding carboxylic acids is 1. The van der Waals surface area contributed by atoms with Gasteiger partial charge in [0, 0.05) is 43.4 Å². The van der Waals surface area contributed by atoms with Crippen molar-refractivity contribution in [1.29, 1.82) is 0 Å². The van der Waals surface area contributed by atoms with Gasteiger partial charge in [0.15, 0.2) is 0 Å². The highest BCUT2D eigenvalue weighted by atomic mass is 16.5. The molecule has 0 aliphatic carbocycles. The Morgan fingerprint density at radius 1 is 1.00 bits per heavy atom. The van der Waals surface area contributed by atoms with Crippen LogP contribution in [-0.4, -0.2) is 25.0 Å². The van der Waals surface area contributed by atoms with Crippen molar-refractivity contribution < 1.29 is 9.53 Å². The van der Waals surface area contributed by atoms with Gasteiger partial charge in [0.05, 0.1) is 7.11 Å². The van der Waals surface area contributed by atoms with Crippen LogP contribution in [0.3, 0.4) is 0 Å². The minimum Gasteiger partial charge on any atom is -0.497 e. The maximum Gasteiger partial charge on any atom is 0.244 e. The third-order valence-corrected chi connectivity index (χ3v) is 4.38. The molecular formula is C23H23N3O2. The Balaban J connectivity index is 1.52. The molecule has 0 unspecified atom stereocenters. The number of methoxy groups -OCH3 is 1. The SMILES string of the molecule is COc1ccc(C=CC(=O)NCc2ccc(N(C)c3ccncc3)cc2)cc1. The van der Waals surface area contributed by atoms with Gasteiger partial charge in [-0.05, 0) is 53.6 Å². The summed E-state index contributed by atoms with van der Waals surface area (Å²) < 4.78 is 5.12. The van der Waals surface area contributed by atoms with Crippen molar-refractivity contribution in [2.24, 2.45) is 0 Å². The van der Waals surface area contributed by atoms with Crippen LogP contribution in [0.1, 0.15) is 11.1 Å². The van der Waals surface area contributed by atoms with Gasteiger partial charge in [-0.2, -0.15) is 0 Å². The lowest BCUT2D eigenvalue weighted by Crippen LogP contribution is -2.20. The Morgan fingerprint density at radius 3 is 2.29 bits per heavy atom. The number of aromatic nitrogens is 1. The second-order valence-electron chi connectivity index (χ2n) is 6.26. The second-order valence-corrected chi connectivity index (χ2v) is 6.26. The van der Waals surface area contributed by atoms with E-state index in [1.54, 1.807) is 25.6 Å². The summed E-state index contributed by atoms with van der Waals surface area (Å²) in [6, 6.07) is 19.6. The molecule has 0 radical (unpaired) electrons. The molecule has 0 aliphatic rings. The number of nitrogens with one attached hydrogen (secondary N) is 1. The molecule has 142 valence electrons. The fourth-order valence-electron chi connectivity index (χ4n) is 2.69. The number of amides is 1. The molecule has 28 heavy (non-hydrogen) atoms. The average Bonchev–Trinajstić information content (AvgIpc) is 2.77. The molecule has 1 N–H and O–H groups in total. The van der Waals surface area contributed by atoms with E-state index in [9.17, 15) is 4.79 Å². The fourth-order valence-corrected chi connectivity index (χ4v) is 2.69. The quantitative estimate of drug-likeness (QED) is 0.631. The zero-order valence-corrected chi connectivity index (χ0v) is 16.0. The van der Waals surface area contributed by atoms with Gasteiger partial charge in [-0.25, -0.2) is 0 Å². The molecule has 1 aromatic heterocycles. The highest BCUT2D eigenvalue weighted by Crippen LogP contribution is 2.22. The number of rotatable bonds is 7. The molecule has 5 heteroatoms. The molecule has 1 amide bonds. The van der Waals surface area contributed by atoms with E-state index in [0.29, 0.717) is 6.54 Å². The minimum absolute atomic E-state index is 0.131. The number of nitrogens with zero attached hydrogens (tertiary/aromatic N) is 2. The summed E-state index contributed by atoms with van der Waals surface area (Å²) in [5.74, 6) is 0.661. The lowest BCUT2D eigenvalue weighted by atomic mass is 10.2. The molecule has 1 heterocycles. The molecule has 0 saturated carbocycles. The number of carbonyl (C=O) groups is 1. The van der Waals surface area contributed by atoms with E-state index in [-0.39, 0.29) is 5.91 Å². The van der Waals surface area contributed by atoms with E-state index in [0.717, 1.165) is 28.3 Å². The van der Waals surface area contributed by atoms with E-state index in [1.165, 1.54) is 6.08 Å². The normalized spacial score (nSPS) is 10.6. The minimum atomic E-state index is -0.131. The van der Waals surface area contributed by atoms with E-state index in [2.05, 4.69) is 15.2 Å². The Bertz CT molecular complexity index is 920. The third-order valence-electron chi connectivity index (χ3n) is 4.38. The first kappa shape index (κ1) is 19.2. The van der Waals surface area contributed by atoms with Crippen molar-refractivity contribution in [3.63, 3.8) is 0 Å². The molecule has 2 aromatic carbocycles. The molecule has 0 aliphatic heterocycles. The summed E-state index contributed by atoms with van der Waals surface area (Å²) in [7, 11) is 3.64. The maximum absolute atomic E-state index is 12.0. The Morgan fingerprint density at radius 2 is 1.64 bits per heavy atom. The van der Waals surface area contributed by atoms with Gasteiger partial charge in [-0.3, -0.25) is 9.78 Å². The molecule has 0 spiro atoms. The van der Waals surface area contributed by atoms with Gasteiger partial charge >= 0.3 is 0 Å². The van der Waals surface area contributed by atoms with Gasteiger partial charge < -0.3 is 15.0 Å². The Labute approximate surface area is 165 Å². The molecular weight excluding hydrogens is 350 g/mol. The smallest absolute Gasteiger partial charge is 0.244 e. The summed E-state index contributed by atoms with van der Waals surface area (Å²) in [6.07, 6.45) is 6.86. The summed E-state index contributed by atoms with van der Waals surface area (Å²) in [5, 5.41) is 2.90. The van der Waals surface area contributed by atoms with E-state index < -0.39 is 0 Å². The molecule has 0 atom stereocenters. The summed E-state index contributed by atoms with van der Waals surface area (Å²) in [6.45, 7) is 0.477. The monoisotopic (exact) mass is 373 g/mol. The standard InChI is InChI=1S/C23H23N3O2/c1-26(21-13-15-24-16-14-21)20-8-3-19(4-9-20)17-25-23(27)12-7-18-5-10-22(28-2)11-6-18/h3-16H,17H2,1-2H3,(H,25,27). The first-order chi connectivity index (χ1) is 13.7. The van der Waals surface area contributed by atoms with Crippen molar-refractivity contribution in [2.75, 3.05) is 19.1 Å². The van der Waals surface area contributed by atoms with Gasteiger partial charge in [-0.15, -0.1) is 0 Å². The Kier molecular flexibility index (Phi) is 6.41. The third kappa shape index (κ3) is 5.20. The molecule has 0 saturated heterocycles. The van der Waals surface area contributed by atoms with Crippen LogP contribution < -0.4 is 15.0 Å². The molecule has 3 aromatic rings. The zero-order chi connectivity index (χ0) is 19.8. The lowest BCUT2D eigenvalue weighted by molar-refractivity contribution is -0.116. The summed E-state index contributed by atoms with van der Waals surface area (Å²) >= 11 is 0. The molecule has 3 rings (SSSR count). The topological polar surface area (TPSA) is 54.5 Å². The van der Waals surface area contributed by atoms with E-state index in [1.807, 2.05) is 67.7 Å². The fraction of sp³-hybridized carbons (Fsp3) is 0.130. The van der Waals surface area contributed by atoms with Crippen molar-refractivity contribution in [2.45, 2.75) is 6.54 Å². The van der Waals surface area contributed by atoms with Crippen LogP contribution in [0.5, 0.6) is 5.75 Å². The van der Waals surface area contributed by atoms with Gasteiger partial charge in [0.25, 0.3) is 0 Å². The van der Waals surface area contributed by atoms with Gasteiger partial charge in [0.2, 0.25) is 5.91 Å². The van der Waals surface area contributed by atoms with Crippen molar-refractivity contribution in [1.82, 2.24) is 10.3 Å². The number of hydrogen-bond acceptors (Lipinski definition) is 4. The van der Waals surface area contributed by atoms with E-state index >= 15 is 0 Å². The van der Waals surface area contributed by atoms with Crippen LogP contribution >= 0.6 is 0 Å². The zero-order valence-electron chi connectivity index (χ0n) is 16.0. The van der Waals surface area contributed by atoms with Gasteiger partial charge in [0.1, 0.15) is 5.75 Å². The number of ether oxygens (including phenoxy) is 1. The highest BCUT2D eigenvalue weighted by molar-refractivity contribution is 5.91. The molecule has 5 nitrogen and oxygen atoms in total. The predicted octanol–water partition coefficient (Wildman–Crippen LogP) is 4.19. The Hall–Kier alpha value is -3.60. The second kappa shape index (κ2) is 9.37. The predicted molar refractivity (Wildman–Crippen MR) is 113 cm³/mol. The van der Waals surface area contributed by atoms with Crippen LogP contribution in [0.4, 0.5) is 11.4 Å². The van der Waals surface area contributed by atoms with Crippen molar-refractivity contribution in [3.8, 4) is 5.75 Å². The van der Waals surface area contributed by atoms with Crippen LogP contribution in [-0.2, 0) is 11.3 Å². The molecule has 0 fully saturated rings. The van der Waals surface area contributed by atoms with Crippen LogP contribution in [0.15, 0.2) is 79.1 Å². The number of pyridine rings is 1. The van der Waals surface area contributed by atoms with Crippen molar-refractivity contribution >= 4 is 23.4 Å². The van der Waals surface area contributed by atoms with Crippen LogP contribution in [0.25, 0.3) is 6.08 Å². The van der Waals surface area contributed by atoms with Crippen LogP contribution in [0.2, 0.25) is 0 Å². The summed E-state index contributed by atoms with van der Waals surface area (Å²) in [5.41, 5.74) is 4.12. The van der Waals surface area contributed by atoms with Crippen LogP contribution in [0, 0.1) is 0 Å². The maximum atomic E-state index is 12.0. The van der Waals surface area contributed by atoms with E-state index in [4.69, 9.17) is 4.74 Å². The average molecular weight is 373 g/mol. The molecule has 0 bridgehead atoms. The number of anilines is 2.